The predicted octanol–water partition coefficient (Wildman–Crippen LogP) is 4.76. The maximum absolute atomic E-state index is 13.7. The van der Waals surface area contributed by atoms with Crippen LogP contribution in [-0.2, 0) is 20.9 Å². The van der Waals surface area contributed by atoms with Crippen LogP contribution < -0.4 is 4.90 Å². The Morgan fingerprint density at radius 3 is 2.62 bits per heavy atom. The largest absolute Gasteiger partial charge is 0.459 e. The van der Waals surface area contributed by atoms with Crippen molar-refractivity contribution >= 4 is 30.7 Å². The first-order valence-corrected chi connectivity index (χ1v) is 13.3. The number of hydrogen-bond donors (Lipinski definition) is 2. The third-order valence-corrected chi connectivity index (χ3v) is 7.90. The molecule has 2 aromatic rings. The van der Waals surface area contributed by atoms with E-state index in [-0.39, 0.29) is 30.4 Å². The van der Waals surface area contributed by atoms with E-state index in [4.69, 9.17) is 9.07 Å². The minimum atomic E-state index is -0.976. The van der Waals surface area contributed by atoms with Crippen LogP contribution >= 0.6 is 0 Å². The molecule has 0 radical (unpaired) electrons. The van der Waals surface area contributed by atoms with E-state index in [0.29, 0.717) is 36.4 Å². The molecule has 1 aromatic heterocycles. The summed E-state index contributed by atoms with van der Waals surface area (Å²) >= 11 is 0. The Balaban J connectivity index is 1.41. The molecule has 3 heterocycles. The number of rotatable bonds is 8. The highest BCUT2D eigenvalue weighted by molar-refractivity contribution is 6.43. The van der Waals surface area contributed by atoms with Crippen molar-refractivity contribution < 1.29 is 28.8 Å². The van der Waals surface area contributed by atoms with Crippen LogP contribution in [-0.4, -0.2) is 35.2 Å². The summed E-state index contributed by atoms with van der Waals surface area (Å²) in [4.78, 5) is 28.6. The number of fused-ring (bicyclic) bond motifs is 3. The number of allylic oxidation sites excluding steroid dienone is 2. The third kappa shape index (κ3) is 4.98. The minimum absolute atomic E-state index is 0.133. The SMILES string of the molecule is CCCC1=C2[C@@H](CC/C(C)=C/c3ccc(CO)o3)OB(O)C[C@@H]2[C@@H]2C(=O)N(c3ccccc3)C(=O)[C@@H]2C1. The monoisotopic (exact) mass is 503 g/mol. The highest BCUT2D eigenvalue weighted by Crippen LogP contribution is 2.52. The van der Waals surface area contributed by atoms with E-state index in [1.165, 1.54) is 10.5 Å². The molecule has 0 spiro atoms. The Labute approximate surface area is 217 Å². The first-order chi connectivity index (χ1) is 17.9. The lowest BCUT2D eigenvalue weighted by atomic mass is 9.58. The van der Waals surface area contributed by atoms with Gasteiger partial charge in [-0.05, 0) is 80.8 Å². The predicted molar refractivity (Wildman–Crippen MR) is 141 cm³/mol. The summed E-state index contributed by atoms with van der Waals surface area (Å²) in [6.07, 6.45) is 5.71. The quantitative estimate of drug-likeness (QED) is 0.306. The molecule has 4 atom stereocenters. The molecular formula is C29H34BNO6. The molecule has 5 rings (SSSR count). The van der Waals surface area contributed by atoms with Crippen molar-refractivity contribution in [2.45, 2.75) is 65.0 Å². The van der Waals surface area contributed by atoms with Crippen LogP contribution in [0, 0.1) is 17.8 Å². The second kappa shape index (κ2) is 10.8. The van der Waals surface area contributed by atoms with Crippen LogP contribution in [0.5, 0.6) is 0 Å². The number of nitrogens with zero attached hydrogens (tertiary/aromatic N) is 1. The number of benzene rings is 1. The van der Waals surface area contributed by atoms with Gasteiger partial charge in [0.2, 0.25) is 11.8 Å². The molecule has 7 nitrogen and oxygen atoms in total. The topological polar surface area (TPSA) is 100 Å². The fourth-order valence-electron chi connectivity index (χ4n) is 6.36. The number of amides is 2. The van der Waals surface area contributed by atoms with Crippen LogP contribution in [0.25, 0.3) is 6.08 Å². The number of carbonyl (C=O) groups excluding carboxylic acids is 2. The molecule has 2 aliphatic heterocycles. The van der Waals surface area contributed by atoms with Gasteiger partial charge >= 0.3 is 7.12 Å². The van der Waals surface area contributed by atoms with E-state index >= 15 is 0 Å². The first-order valence-electron chi connectivity index (χ1n) is 13.3. The lowest BCUT2D eigenvalue weighted by Gasteiger charge is -2.43. The van der Waals surface area contributed by atoms with Crippen molar-refractivity contribution in [2.75, 3.05) is 4.90 Å². The van der Waals surface area contributed by atoms with Gasteiger partial charge in [-0.15, -0.1) is 0 Å². The number of para-hydroxylation sites is 1. The highest BCUT2D eigenvalue weighted by atomic mass is 16.5. The Bertz CT molecular complexity index is 1220. The van der Waals surface area contributed by atoms with Crippen molar-refractivity contribution in [1.29, 1.82) is 0 Å². The van der Waals surface area contributed by atoms with E-state index in [2.05, 4.69) is 6.92 Å². The molecule has 37 heavy (non-hydrogen) atoms. The number of furan rings is 1. The maximum Gasteiger partial charge on any atom is 0.455 e. The average molecular weight is 503 g/mol. The molecule has 0 bridgehead atoms. The number of aliphatic hydroxyl groups is 1. The van der Waals surface area contributed by atoms with E-state index in [1.54, 1.807) is 18.2 Å². The van der Waals surface area contributed by atoms with E-state index in [1.807, 2.05) is 37.3 Å². The number of aliphatic hydroxyl groups excluding tert-OH is 1. The Hall–Kier alpha value is -2.94. The van der Waals surface area contributed by atoms with Gasteiger partial charge in [0.1, 0.15) is 18.1 Å². The molecule has 1 aliphatic carbocycles. The summed E-state index contributed by atoms with van der Waals surface area (Å²) in [5.41, 5.74) is 4.03. The van der Waals surface area contributed by atoms with Crippen LogP contribution in [0.4, 0.5) is 5.69 Å². The third-order valence-electron chi connectivity index (χ3n) is 7.90. The lowest BCUT2D eigenvalue weighted by molar-refractivity contribution is -0.122. The molecular weight excluding hydrogens is 469 g/mol. The fourth-order valence-corrected chi connectivity index (χ4v) is 6.36. The molecule has 2 amide bonds. The summed E-state index contributed by atoms with van der Waals surface area (Å²) in [6.45, 7) is 4.01. The molecule has 8 heteroatoms. The maximum atomic E-state index is 13.7. The Morgan fingerprint density at radius 2 is 1.92 bits per heavy atom. The summed E-state index contributed by atoms with van der Waals surface area (Å²) in [6, 6.07) is 12.7. The van der Waals surface area contributed by atoms with Gasteiger partial charge < -0.3 is 19.2 Å². The highest BCUT2D eigenvalue weighted by Gasteiger charge is 2.57. The number of carbonyl (C=O) groups is 2. The van der Waals surface area contributed by atoms with Crippen molar-refractivity contribution in [3.63, 3.8) is 0 Å². The zero-order chi connectivity index (χ0) is 26.1. The van der Waals surface area contributed by atoms with Gasteiger partial charge in [-0.1, -0.05) is 42.7 Å². The van der Waals surface area contributed by atoms with Gasteiger partial charge in [-0.25, -0.2) is 0 Å². The van der Waals surface area contributed by atoms with Gasteiger partial charge in [-0.3, -0.25) is 14.5 Å². The molecule has 2 fully saturated rings. The van der Waals surface area contributed by atoms with E-state index < -0.39 is 19.0 Å². The fraction of sp³-hybridized carbons (Fsp3) is 0.448. The van der Waals surface area contributed by atoms with Crippen LogP contribution in [0.2, 0.25) is 6.32 Å². The molecule has 2 N–H and O–H groups in total. The average Bonchev–Trinajstić information content (AvgIpc) is 3.44. The number of hydrogen-bond acceptors (Lipinski definition) is 6. The summed E-state index contributed by atoms with van der Waals surface area (Å²) in [7, 11) is -0.976. The van der Waals surface area contributed by atoms with E-state index in [9.17, 15) is 19.7 Å². The second-order valence-corrected chi connectivity index (χ2v) is 10.4. The smallest absolute Gasteiger partial charge is 0.455 e. The summed E-state index contributed by atoms with van der Waals surface area (Å²) in [5.74, 6) is -0.165. The molecule has 0 unspecified atom stereocenters. The number of anilines is 1. The van der Waals surface area contributed by atoms with Crippen LogP contribution in [0.15, 0.2) is 63.6 Å². The lowest BCUT2D eigenvalue weighted by Crippen LogP contribution is -2.46. The summed E-state index contributed by atoms with van der Waals surface area (Å²) in [5, 5.41) is 19.9. The molecule has 2 saturated heterocycles. The van der Waals surface area contributed by atoms with E-state index in [0.717, 1.165) is 30.4 Å². The zero-order valence-corrected chi connectivity index (χ0v) is 21.4. The molecule has 194 valence electrons. The first kappa shape index (κ1) is 25.7. The standard InChI is InChI=1S/C29H34BNO6/c1-3-7-19-15-23-27(29(34)31(28(23)33)20-8-5-4-6-9-20)24-16-30(35)37-25(26(19)24)13-10-18(2)14-21-11-12-22(17-32)36-21/h4-6,8-9,11-12,14,23-25,27,32,35H,3,7,10,13,15-17H2,1-2H3/b18-14+/t23-,24+,25-,27-/m1/s1. The van der Waals surface area contributed by atoms with Gasteiger partial charge in [0.15, 0.2) is 0 Å². The second-order valence-electron chi connectivity index (χ2n) is 10.4. The van der Waals surface area contributed by atoms with Crippen LogP contribution in [0.1, 0.15) is 57.5 Å². The van der Waals surface area contributed by atoms with Gasteiger partial charge in [0.25, 0.3) is 0 Å². The normalized spacial score (nSPS) is 26.1. The van der Waals surface area contributed by atoms with Crippen molar-refractivity contribution in [3.8, 4) is 0 Å². The van der Waals surface area contributed by atoms with Gasteiger partial charge in [-0.2, -0.15) is 0 Å². The molecule has 1 aromatic carbocycles. The van der Waals surface area contributed by atoms with Crippen molar-refractivity contribution in [1.82, 2.24) is 0 Å². The number of imide groups is 1. The molecule has 0 saturated carbocycles. The zero-order valence-electron chi connectivity index (χ0n) is 21.4. The molecule has 3 aliphatic rings. The Kier molecular flexibility index (Phi) is 7.51. The van der Waals surface area contributed by atoms with Crippen LogP contribution in [0.3, 0.4) is 0 Å². The Morgan fingerprint density at radius 1 is 1.14 bits per heavy atom. The van der Waals surface area contributed by atoms with Crippen molar-refractivity contribution in [2.24, 2.45) is 17.8 Å². The van der Waals surface area contributed by atoms with Gasteiger partial charge in [0, 0.05) is 0 Å². The minimum Gasteiger partial charge on any atom is -0.459 e. The summed E-state index contributed by atoms with van der Waals surface area (Å²) < 4.78 is 11.7. The van der Waals surface area contributed by atoms with Crippen molar-refractivity contribution in [3.05, 3.63) is 70.7 Å². The van der Waals surface area contributed by atoms with Gasteiger partial charge in [0.05, 0.1) is 23.6 Å².